The molecular weight excluding hydrogens is 808 g/mol. The van der Waals surface area contributed by atoms with Gasteiger partial charge in [0.25, 0.3) is 14.4 Å². The fourth-order valence-electron chi connectivity index (χ4n) is 5.47. The highest BCUT2D eigenvalue weighted by Gasteiger charge is 2.51. The molecule has 1 fully saturated rings. The number of hydrogen-bond acceptors (Lipinski definition) is 15. The fraction of sp³-hybridized carbons (Fsp3) is 0.615. The van der Waals surface area contributed by atoms with Crippen molar-refractivity contribution < 1.29 is 60.8 Å². The highest BCUT2D eigenvalue weighted by atomic mass is 31.2. The van der Waals surface area contributed by atoms with Gasteiger partial charge in [0.15, 0.2) is 6.23 Å². The number of nitrogens with one attached hydrogen (secondary N) is 2. The zero-order chi connectivity index (χ0) is 44.1. The van der Waals surface area contributed by atoms with Crippen LogP contribution < -0.4 is 10.6 Å². The summed E-state index contributed by atoms with van der Waals surface area (Å²) < 4.78 is 62.9. The number of nitrogens with zero attached hydrogens (tertiary/aromatic N) is 3. The van der Waals surface area contributed by atoms with Crippen molar-refractivity contribution in [3.63, 3.8) is 0 Å². The van der Waals surface area contributed by atoms with E-state index in [4.69, 9.17) is 37.0 Å². The second-order valence-corrected chi connectivity index (χ2v) is 19.4. The maximum atomic E-state index is 14.2. The predicted octanol–water partition coefficient (Wildman–Crippen LogP) is 6.52. The SMILES string of the molecule is CO[C@@H]1[C@H](OP(OCCC#N)N(C(C)C)C(C)C)[C@@H](/C=C/P(=O)(OCOC(=O)C(C)(C)C)OCOC(=O)C(C)(C)C)O[C@H]1N1C=CC(NC(=O)c2ccccc2)NC1=O. The molecule has 3 amide bonds. The lowest BCUT2D eigenvalue weighted by Gasteiger charge is -2.38. The third-order valence-corrected chi connectivity index (χ3v) is 12.0. The Bertz CT molecular complexity index is 1680. The Morgan fingerprint density at radius 1 is 1.00 bits per heavy atom. The first-order valence-corrected chi connectivity index (χ1v) is 21.8. The Balaban J connectivity index is 2.02. The molecule has 328 valence electrons. The van der Waals surface area contributed by atoms with Gasteiger partial charge in [0.2, 0.25) is 13.6 Å². The zero-order valence-electron chi connectivity index (χ0n) is 35.6. The summed E-state index contributed by atoms with van der Waals surface area (Å²) in [5.74, 6) is -0.615. The molecule has 0 spiro atoms. The Labute approximate surface area is 348 Å². The summed E-state index contributed by atoms with van der Waals surface area (Å²) in [4.78, 5) is 52.7. The summed E-state index contributed by atoms with van der Waals surface area (Å²) >= 11 is 0. The number of methoxy groups -OCH3 is 1. The molecule has 1 saturated heterocycles. The highest BCUT2D eigenvalue weighted by Crippen LogP contribution is 2.52. The molecule has 0 saturated carbocycles. The number of nitriles is 1. The average Bonchev–Trinajstić information content (AvgIpc) is 3.49. The predicted molar refractivity (Wildman–Crippen MR) is 216 cm³/mol. The molecule has 59 heavy (non-hydrogen) atoms. The Kier molecular flexibility index (Phi) is 18.7. The molecule has 2 aliphatic heterocycles. The van der Waals surface area contributed by atoms with Gasteiger partial charge in [-0.3, -0.25) is 32.9 Å². The summed E-state index contributed by atoms with van der Waals surface area (Å²) in [6.07, 6.45) is -0.801. The van der Waals surface area contributed by atoms with E-state index >= 15 is 0 Å². The molecule has 0 radical (unpaired) electrons. The van der Waals surface area contributed by atoms with Crippen LogP contribution in [0.2, 0.25) is 0 Å². The standard InChI is InChI=1S/C39H59N5O13P2/c1-26(2)44(27(3)4)58(53-22-15-20-40)57-31-29(19-23-59(49,54-24-51-35(46)38(5,6)7)55-25-52-36(47)39(8,9)10)56-34(32(31)50-11)43-21-18-30(42-37(43)48)41-33(45)28-16-13-12-14-17-28/h12-14,16-19,21,23,26-27,29-32,34H,15,22,24-25H2,1-11H3,(H,41,45)(H,42,48)/b23-19+/t29-,30?,31-,32-,34-,58?/m1/s1. The lowest BCUT2D eigenvalue weighted by Crippen LogP contribution is -2.57. The van der Waals surface area contributed by atoms with Crippen molar-refractivity contribution in [3.05, 3.63) is 60.1 Å². The van der Waals surface area contributed by atoms with E-state index in [0.29, 0.717) is 5.56 Å². The van der Waals surface area contributed by atoms with E-state index < -0.39 is 95.1 Å². The second-order valence-electron chi connectivity index (χ2n) is 16.1. The van der Waals surface area contributed by atoms with Crippen molar-refractivity contribution in [1.29, 1.82) is 5.26 Å². The summed E-state index contributed by atoms with van der Waals surface area (Å²) in [5, 5.41) is 14.8. The molecule has 1 aromatic rings. The van der Waals surface area contributed by atoms with Crippen molar-refractivity contribution in [2.75, 3.05) is 27.3 Å². The van der Waals surface area contributed by atoms with E-state index in [1.54, 1.807) is 78.0 Å². The molecule has 3 rings (SSSR count). The van der Waals surface area contributed by atoms with Crippen LogP contribution in [0.3, 0.4) is 0 Å². The van der Waals surface area contributed by atoms with Crippen LogP contribution in [0.15, 0.2) is 54.5 Å². The third kappa shape index (κ3) is 14.7. The summed E-state index contributed by atoms with van der Waals surface area (Å²) in [7, 11) is -4.89. The first-order chi connectivity index (χ1) is 27.6. The van der Waals surface area contributed by atoms with E-state index in [9.17, 15) is 29.0 Å². The largest absolute Gasteiger partial charge is 0.438 e. The van der Waals surface area contributed by atoms with E-state index in [0.717, 1.165) is 5.82 Å². The van der Waals surface area contributed by atoms with Gasteiger partial charge in [0.1, 0.15) is 24.5 Å². The van der Waals surface area contributed by atoms with Crippen molar-refractivity contribution in [2.24, 2.45) is 10.8 Å². The van der Waals surface area contributed by atoms with Crippen LogP contribution in [0.25, 0.3) is 0 Å². The van der Waals surface area contributed by atoms with Crippen LogP contribution in [-0.4, -0.2) is 104 Å². The van der Waals surface area contributed by atoms with Crippen LogP contribution in [0.1, 0.15) is 86.0 Å². The molecule has 1 aromatic carbocycles. The van der Waals surface area contributed by atoms with Gasteiger partial charge in [-0.1, -0.05) is 18.2 Å². The van der Waals surface area contributed by atoms with Crippen LogP contribution in [0.4, 0.5) is 4.79 Å². The van der Waals surface area contributed by atoms with Crippen LogP contribution in [0.5, 0.6) is 0 Å². The van der Waals surface area contributed by atoms with Crippen LogP contribution >= 0.6 is 16.1 Å². The van der Waals surface area contributed by atoms with Gasteiger partial charge in [-0.05, 0) is 93.5 Å². The number of amides is 3. The minimum atomic E-state index is -4.39. The van der Waals surface area contributed by atoms with Crippen molar-refractivity contribution in [2.45, 2.75) is 118 Å². The topological polar surface area (TPSA) is 214 Å². The molecular formula is C39H59N5O13P2. The summed E-state index contributed by atoms with van der Waals surface area (Å²) in [6, 6.07) is 9.78. The van der Waals surface area contributed by atoms with Crippen molar-refractivity contribution in [1.82, 2.24) is 20.2 Å². The Morgan fingerprint density at radius 2 is 1.58 bits per heavy atom. The minimum absolute atomic E-state index is 0.0537. The van der Waals surface area contributed by atoms with E-state index in [1.807, 2.05) is 32.4 Å². The normalized spacial score (nSPS) is 21.8. The van der Waals surface area contributed by atoms with E-state index in [1.165, 1.54) is 24.3 Å². The number of carbonyl (C=O) groups is 4. The molecule has 6 atom stereocenters. The van der Waals surface area contributed by atoms with Gasteiger partial charge in [-0.2, -0.15) is 5.26 Å². The van der Waals surface area contributed by atoms with Gasteiger partial charge < -0.3 is 38.6 Å². The first kappa shape index (κ1) is 49.6. The number of urea groups is 1. The maximum absolute atomic E-state index is 14.2. The molecule has 0 aromatic heterocycles. The quantitative estimate of drug-likeness (QED) is 0.0618. The maximum Gasteiger partial charge on any atom is 0.359 e. The van der Waals surface area contributed by atoms with Gasteiger partial charge in [0.05, 0.1) is 29.9 Å². The third-order valence-electron chi connectivity index (χ3n) is 8.45. The molecule has 0 bridgehead atoms. The molecule has 2 heterocycles. The highest BCUT2D eigenvalue weighted by molar-refractivity contribution is 7.57. The Hall–Kier alpha value is -3.75. The number of esters is 2. The lowest BCUT2D eigenvalue weighted by atomic mass is 9.98. The number of ether oxygens (including phenoxy) is 4. The molecule has 2 N–H and O–H groups in total. The number of rotatable bonds is 20. The van der Waals surface area contributed by atoms with Crippen molar-refractivity contribution >= 4 is 40.0 Å². The van der Waals surface area contributed by atoms with Gasteiger partial charge in [-0.15, -0.1) is 0 Å². The van der Waals surface area contributed by atoms with Crippen LogP contribution in [-0.2, 0) is 51.2 Å². The number of hydrogen-bond donors (Lipinski definition) is 2. The second kappa shape index (κ2) is 22.2. The smallest absolute Gasteiger partial charge is 0.359 e. The number of carbonyl (C=O) groups excluding carboxylic acids is 4. The molecule has 2 aliphatic rings. The summed E-state index contributed by atoms with van der Waals surface area (Å²) in [5.41, 5.74) is -1.38. The van der Waals surface area contributed by atoms with Crippen LogP contribution in [0, 0.1) is 22.2 Å². The van der Waals surface area contributed by atoms with Crippen molar-refractivity contribution in [3.8, 4) is 6.07 Å². The molecule has 20 heteroatoms. The number of benzene rings is 1. The summed E-state index contributed by atoms with van der Waals surface area (Å²) in [6.45, 7) is 16.2. The van der Waals surface area contributed by atoms with Gasteiger partial charge >= 0.3 is 25.6 Å². The Morgan fingerprint density at radius 3 is 2.07 bits per heavy atom. The van der Waals surface area contributed by atoms with E-state index in [2.05, 4.69) is 16.7 Å². The van der Waals surface area contributed by atoms with Gasteiger partial charge in [0, 0.05) is 36.8 Å². The first-order valence-electron chi connectivity index (χ1n) is 19.1. The zero-order valence-corrected chi connectivity index (χ0v) is 37.4. The molecule has 0 aliphatic carbocycles. The van der Waals surface area contributed by atoms with Gasteiger partial charge in [-0.25, -0.2) is 9.46 Å². The fourth-order valence-corrected chi connectivity index (χ4v) is 8.25. The van der Waals surface area contributed by atoms with E-state index in [-0.39, 0.29) is 25.1 Å². The monoisotopic (exact) mass is 867 g/mol. The lowest BCUT2D eigenvalue weighted by molar-refractivity contribution is -0.161. The average molecular weight is 868 g/mol. The molecule has 18 nitrogen and oxygen atoms in total. The minimum Gasteiger partial charge on any atom is -0.438 e. The molecule has 2 unspecified atom stereocenters.